The molecule has 0 aliphatic heterocycles. The number of hydrogen-bond acceptors (Lipinski definition) is 4. The molecule has 7 heteroatoms. The zero-order chi connectivity index (χ0) is 14.8. The van der Waals surface area contributed by atoms with Crippen LogP contribution in [0.5, 0.6) is 0 Å². The maximum atomic E-state index is 11.1. The van der Waals surface area contributed by atoms with Crippen LogP contribution in [0.15, 0.2) is 30.5 Å². The second-order valence-corrected chi connectivity index (χ2v) is 4.43. The first-order chi connectivity index (χ1) is 10.2. The van der Waals surface area contributed by atoms with E-state index in [9.17, 15) is 4.79 Å². The highest BCUT2D eigenvalue weighted by Crippen LogP contribution is 2.24. The van der Waals surface area contributed by atoms with Crippen LogP contribution >= 0.6 is 0 Å². The highest BCUT2D eigenvalue weighted by molar-refractivity contribution is 6.02. The minimum Gasteiger partial charge on any atom is -0.464 e. The summed E-state index contributed by atoms with van der Waals surface area (Å²) in [6.45, 7) is 2.61. The minimum atomic E-state index is -1.16. The van der Waals surface area contributed by atoms with Crippen LogP contribution in [0.4, 0.5) is 4.79 Å². The Morgan fingerprint density at radius 2 is 2.19 bits per heavy atom. The molecule has 0 aliphatic carbocycles. The summed E-state index contributed by atoms with van der Waals surface area (Å²) < 4.78 is 6.79. The Morgan fingerprint density at radius 3 is 2.95 bits per heavy atom. The number of ether oxygens (including phenoxy) is 1. The second kappa shape index (κ2) is 5.37. The Kier molecular flexibility index (Phi) is 3.41. The van der Waals surface area contributed by atoms with Gasteiger partial charge in [0.05, 0.1) is 11.7 Å². The van der Waals surface area contributed by atoms with Gasteiger partial charge in [-0.1, -0.05) is 18.2 Å². The summed E-state index contributed by atoms with van der Waals surface area (Å²) in [5.74, 6) is 0.493. The number of carboxylic acid groups (broad SMARTS) is 1. The number of fused-ring (bicyclic) bond motifs is 3. The smallest absolute Gasteiger partial charge is 0.424 e. The lowest BCUT2D eigenvalue weighted by Gasteiger charge is -2.09. The lowest BCUT2D eigenvalue weighted by molar-refractivity contribution is 0.126. The standard InChI is InChI=1S/C14H14N4O3/c1-2-21-8-12-16-11-7-15-10-6-4-3-5-9(10)13(11)18(12)17-14(19)20/h3-7,17H,2,8H2,1H3,(H,19,20). The molecule has 21 heavy (non-hydrogen) atoms. The predicted molar refractivity (Wildman–Crippen MR) is 77.7 cm³/mol. The van der Waals surface area contributed by atoms with Gasteiger partial charge in [0, 0.05) is 12.0 Å². The van der Waals surface area contributed by atoms with Crippen molar-refractivity contribution in [2.45, 2.75) is 13.5 Å². The van der Waals surface area contributed by atoms with Crippen molar-refractivity contribution >= 4 is 28.0 Å². The van der Waals surface area contributed by atoms with Crippen molar-refractivity contribution in [3.8, 4) is 0 Å². The number of para-hydroxylation sites is 1. The fourth-order valence-corrected chi connectivity index (χ4v) is 2.26. The highest BCUT2D eigenvalue weighted by atomic mass is 16.5. The zero-order valence-electron chi connectivity index (χ0n) is 11.4. The highest BCUT2D eigenvalue weighted by Gasteiger charge is 2.15. The number of amides is 1. The molecule has 2 N–H and O–H groups in total. The van der Waals surface area contributed by atoms with Gasteiger partial charge in [0.25, 0.3) is 0 Å². The molecule has 0 aliphatic rings. The third-order valence-corrected chi connectivity index (χ3v) is 3.10. The van der Waals surface area contributed by atoms with Gasteiger partial charge in [0.2, 0.25) is 0 Å². The summed E-state index contributed by atoms with van der Waals surface area (Å²) in [5.41, 5.74) is 4.44. The molecule has 0 radical (unpaired) electrons. The Hall–Kier alpha value is -2.67. The fraction of sp³-hybridized carbons (Fsp3) is 0.214. The van der Waals surface area contributed by atoms with Gasteiger partial charge in [-0.05, 0) is 13.0 Å². The van der Waals surface area contributed by atoms with Crippen molar-refractivity contribution in [2.75, 3.05) is 12.0 Å². The molecular weight excluding hydrogens is 272 g/mol. The van der Waals surface area contributed by atoms with E-state index >= 15 is 0 Å². The molecule has 0 unspecified atom stereocenters. The molecule has 0 saturated carbocycles. The van der Waals surface area contributed by atoms with Crippen LogP contribution in [0.1, 0.15) is 12.7 Å². The van der Waals surface area contributed by atoms with Gasteiger partial charge in [-0.15, -0.1) is 0 Å². The van der Waals surface area contributed by atoms with Gasteiger partial charge in [-0.25, -0.2) is 19.9 Å². The van der Waals surface area contributed by atoms with Gasteiger partial charge < -0.3 is 9.84 Å². The number of pyridine rings is 1. The first-order valence-electron chi connectivity index (χ1n) is 6.53. The largest absolute Gasteiger partial charge is 0.464 e. The summed E-state index contributed by atoms with van der Waals surface area (Å²) >= 11 is 0. The molecule has 108 valence electrons. The van der Waals surface area contributed by atoms with E-state index < -0.39 is 6.09 Å². The van der Waals surface area contributed by atoms with Gasteiger partial charge in [-0.2, -0.15) is 0 Å². The molecule has 0 saturated heterocycles. The van der Waals surface area contributed by atoms with Crippen LogP contribution in [0, 0.1) is 0 Å². The lowest BCUT2D eigenvalue weighted by Crippen LogP contribution is -2.23. The van der Waals surface area contributed by atoms with Gasteiger partial charge in [0.15, 0.2) is 5.82 Å². The molecule has 0 atom stereocenters. The van der Waals surface area contributed by atoms with Crippen molar-refractivity contribution in [1.82, 2.24) is 14.6 Å². The number of aromatic nitrogens is 3. The molecule has 3 aromatic rings. The van der Waals surface area contributed by atoms with E-state index in [4.69, 9.17) is 9.84 Å². The van der Waals surface area contributed by atoms with Crippen LogP contribution in [0.3, 0.4) is 0 Å². The molecule has 2 aromatic heterocycles. The number of rotatable bonds is 4. The third-order valence-electron chi connectivity index (χ3n) is 3.10. The average Bonchev–Trinajstić information content (AvgIpc) is 2.82. The van der Waals surface area contributed by atoms with E-state index in [1.807, 2.05) is 31.2 Å². The van der Waals surface area contributed by atoms with E-state index in [2.05, 4.69) is 15.4 Å². The Bertz CT molecular complexity index is 812. The molecule has 0 bridgehead atoms. The molecule has 3 rings (SSSR count). The van der Waals surface area contributed by atoms with Gasteiger partial charge in [0.1, 0.15) is 17.6 Å². The average molecular weight is 286 g/mol. The third kappa shape index (κ3) is 2.38. The Balaban J connectivity index is 2.27. The number of benzene rings is 1. The maximum Gasteiger partial charge on any atom is 0.424 e. The molecule has 1 aromatic carbocycles. The fourth-order valence-electron chi connectivity index (χ4n) is 2.26. The second-order valence-electron chi connectivity index (χ2n) is 4.43. The Morgan fingerprint density at radius 1 is 1.38 bits per heavy atom. The quantitative estimate of drug-likeness (QED) is 0.768. The summed E-state index contributed by atoms with van der Waals surface area (Å²) in [7, 11) is 0. The summed E-state index contributed by atoms with van der Waals surface area (Å²) in [5, 5.41) is 9.88. The first kappa shape index (κ1) is 13.3. The summed E-state index contributed by atoms with van der Waals surface area (Å²) in [4.78, 5) is 19.8. The lowest BCUT2D eigenvalue weighted by atomic mass is 10.2. The van der Waals surface area contributed by atoms with Crippen LogP contribution in [0.25, 0.3) is 21.9 Å². The zero-order valence-corrected chi connectivity index (χ0v) is 11.4. The van der Waals surface area contributed by atoms with E-state index in [1.54, 1.807) is 6.20 Å². The van der Waals surface area contributed by atoms with Crippen LogP contribution < -0.4 is 5.43 Å². The molecule has 7 nitrogen and oxygen atoms in total. The van der Waals surface area contributed by atoms with E-state index in [-0.39, 0.29) is 6.61 Å². The van der Waals surface area contributed by atoms with Crippen molar-refractivity contribution in [3.05, 3.63) is 36.3 Å². The number of nitrogens with zero attached hydrogens (tertiary/aromatic N) is 3. The molecular formula is C14H14N4O3. The van der Waals surface area contributed by atoms with Crippen molar-refractivity contribution in [3.63, 3.8) is 0 Å². The molecule has 1 amide bonds. The number of imidazole rings is 1. The van der Waals surface area contributed by atoms with Crippen molar-refractivity contribution in [2.24, 2.45) is 0 Å². The molecule has 2 heterocycles. The number of carbonyl (C=O) groups is 1. The topological polar surface area (TPSA) is 89.3 Å². The van der Waals surface area contributed by atoms with Crippen LogP contribution in [-0.2, 0) is 11.3 Å². The molecule has 0 fully saturated rings. The summed E-state index contributed by atoms with van der Waals surface area (Å²) in [6, 6.07) is 7.52. The number of nitrogens with one attached hydrogen (secondary N) is 1. The maximum absolute atomic E-state index is 11.1. The van der Waals surface area contributed by atoms with Gasteiger partial charge in [-0.3, -0.25) is 4.98 Å². The minimum absolute atomic E-state index is 0.222. The number of hydrogen-bond donors (Lipinski definition) is 2. The summed E-state index contributed by atoms with van der Waals surface area (Å²) in [6.07, 6.45) is 0.473. The molecule has 0 spiro atoms. The van der Waals surface area contributed by atoms with Crippen LogP contribution in [-0.4, -0.2) is 32.5 Å². The first-order valence-corrected chi connectivity index (χ1v) is 6.53. The van der Waals surface area contributed by atoms with Crippen LogP contribution in [0.2, 0.25) is 0 Å². The van der Waals surface area contributed by atoms with E-state index in [1.165, 1.54) is 4.68 Å². The van der Waals surface area contributed by atoms with E-state index in [0.717, 1.165) is 10.9 Å². The normalized spacial score (nSPS) is 11.1. The Labute approximate surface area is 120 Å². The van der Waals surface area contributed by atoms with Gasteiger partial charge >= 0.3 is 6.09 Å². The van der Waals surface area contributed by atoms with E-state index in [0.29, 0.717) is 23.5 Å². The predicted octanol–water partition coefficient (Wildman–Crippen LogP) is 2.34. The van der Waals surface area contributed by atoms with Crippen molar-refractivity contribution < 1.29 is 14.6 Å². The van der Waals surface area contributed by atoms with Crippen molar-refractivity contribution in [1.29, 1.82) is 0 Å². The SMILES string of the molecule is CCOCc1nc2cnc3ccccc3c2n1NC(=O)O. The monoisotopic (exact) mass is 286 g/mol.